The second-order valence-corrected chi connectivity index (χ2v) is 5.65. The Bertz CT molecular complexity index is 561. The number of aromatic nitrogens is 3. The van der Waals surface area contributed by atoms with Crippen molar-refractivity contribution in [3.05, 3.63) is 39.6 Å². The molecular weight excluding hydrogens is 285 g/mol. The van der Waals surface area contributed by atoms with Crippen LogP contribution in [-0.2, 0) is 13.0 Å². The molecule has 0 unspecified atom stereocenters. The number of aliphatic hydroxyl groups excluding tert-OH is 1. The molecule has 1 N–H and O–H groups in total. The van der Waals surface area contributed by atoms with Gasteiger partial charge in [-0.25, -0.2) is 4.68 Å². The number of benzene rings is 1. The van der Waals surface area contributed by atoms with E-state index in [-0.39, 0.29) is 6.61 Å². The van der Waals surface area contributed by atoms with Crippen molar-refractivity contribution in [2.75, 3.05) is 0 Å². The standard InChI is InChI=1S/C13H15Cl2N3O/c1-8(2)3-13-12(7-19)16-17-18(13)11-5-9(14)4-10(15)6-11/h4-6,8,19H,3,7H2,1-2H3. The summed E-state index contributed by atoms with van der Waals surface area (Å²) in [7, 11) is 0. The zero-order valence-corrected chi connectivity index (χ0v) is 12.3. The van der Waals surface area contributed by atoms with Crippen LogP contribution in [0, 0.1) is 5.92 Å². The molecule has 0 aliphatic heterocycles. The summed E-state index contributed by atoms with van der Waals surface area (Å²) < 4.78 is 1.68. The molecule has 6 heteroatoms. The summed E-state index contributed by atoms with van der Waals surface area (Å²) in [6, 6.07) is 5.21. The summed E-state index contributed by atoms with van der Waals surface area (Å²) in [5.74, 6) is 0.428. The van der Waals surface area contributed by atoms with Gasteiger partial charge in [-0.2, -0.15) is 0 Å². The highest BCUT2D eigenvalue weighted by Gasteiger charge is 2.15. The molecule has 19 heavy (non-hydrogen) atoms. The van der Waals surface area contributed by atoms with Gasteiger partial charge in [0, 0.05) is 10.0 Å². The lowest BCUT2D eigenvalue weighted by atomic mass is 10.1. The van der Waals surface area contributed by atoms with Gasteiger partial charge in [0.2, 0.25) is 0 Å². The number of halogens is 2. The Morgan fingerprint density at radius 2 is 1.84 bits per heavy atom. The van der Waals surface area contributed by atoms with Crippen LogP contribution < -0.4 is 0 Å². The Morgan fingerprint density at radius 3 is 2.37 bits per heavy atom. The van der Waals surface area contributed by atoms with Crippen LogP contribution in [0.25, 0.3) is 5.69 Å². The van der Waals surface area contributed by atoms with Crippen molar-refractivity contribution in [3.8, 4) is 5.69 Å². The van der Waals surface area contributed by atoms with Crippen molar-refractivity contribution in [1.82, 2.24) is 15.0 Å². The van der Waals surface area contributed by atoms with Gasteiger partial charge in [0.15, 0.2) is 0 Å². The first-order valence-electron chi connectivity index (χ1n) is 6.02. The first kappa shape index (κ1) is 14.3. The van der Waals surface area contributed by atoms with E-state index in [1.165, 1.54) is 0 Å². The average Bonchev–Trinajstić information content (AvgIpc) is 2.69. The molecule has 4 nitrogen and oxygen atoms in total. The summed E-state index contributed by atoms with van der Waals surface area (Å²) in [5.41, 5.74) is 2.22. The van der Waals surface area contributed by atoms with Crippen molar-refractivity contribution in [2.45, 2.75) is 26.9 Å². The minimum absolute atomic E-state index is 0.129. The molecule has 0 atom stereocenters. The van der Waals surface area contributed by atoms with Crippen LogP contribution in [0.2, 0.25) is 10.0 Å². The van der Waals surface area contributed by atoms with Crippen molar-refractivity contribution in [3.63, 3.8) is 0 Å². The minimum atomic E-state index is -0.129. The smallest absolute Gasteiger partial charge is 0.112 e. The van der Waals surface area contributed by atoms with Crippen LogP contribution in [0.15, 0.2) is 18.2 Å². The van der Waals surface area contributed by atoms with Crippen LogP contribution in [0.1, 0.15) is 25.2 Å². The summed E-state index contributed by atoms with van der Waals surface area (Å²) >= 11 is 12.0. The Hall–Kier alpha value is -1.10. The molecule has 0 saturated heterocycles. The fourth-order valence-corrected chi connectivity index (χ4v) is 2.43. The van der Waals surface area contributed by atoms with Gasteiger partial charge in [0.25, 0.3) is 0 Å². The van der Waals surface area contributed by atoms with E-state index >= 15 is 0 Å². The molecule has 102 valence electrons. The SMILES string of the molecule is CC(C)Cc1c(CO)nnn1-c1cc(Cl)cc(Cl)c1. The van der Waals surface area contributed by atoms with Crippen molar-refractivity contribution < 1.29 is 5.11 Å². The van der Waals surface area contributed by atoms with Crippen LogP contribution in [0.3, 0.4) is 0 Å². The van der Waals surface area contributed by atoms with Crippen LogP contribution >= 0.6 is 23.2 Å². The second-order valence-electron chi connectivity index (χ2n) is 4.78. The van der Waals surface area contributed by atoms with Gasteiger partial charge >= 0.3 is 0 Å². The molecule has 1 aromatic heterocycles. The summed E-state index contributed by atoms with van der Waals surface area (Å²) in [5, 5.41) is 18.5. The van der Waals surface area contributed by atoms with Gasteiger partial charge in [-0.15, -0.1) is 5.10 Å². The van der Waals surface area contributed by atoms with Gasteiger partial charge in [0.05, 0.1) is 18.0 Å². The summed E-state index contributed by atoms with van der Waals surface area (Å²) in [4.78, 5) is 0. The lowest BCUT2D eigenvalue weighted by Crippen LogP contribution is -2.07. The van der Waals surface area contributed by atoms with E-state index in [0.29, 0.717) is 21.7 Å². The van der Waals surface area contributed by atoms with Crippen LogP contribution in [-0.4, -0.2) is 20.1 Å². The highest BCUT2D eigenvalue weighted by atomic mass is 35.5. The third-order valence-electron chi connectivity index (χ3n) is 2.69. The third kappa shape index (κ3) is 3.26. The van der Waals surface area contributed by atoms with E-state index in [4.69, 9.17) is 23.2 Å². The van der Waals surface area contributed by atoms with Gasteiger partial charge in [-0.05, 0) is 30.5 Å². The Morgan fingerprint density at radius 1 is 1.21 bits per heavy atom. The zero-order chi connectivity index (χ0) is 14.0. The molecule has 0 aliphatic rings. The number of aliphatic hydroxyl groups is 1. The highest BCUT2D eigenvalue weighted by Crippen LogP contribution is 2.24. The Kier molecular flexibility index (Phi) is 4.45. The van der Waals surface area contributed by atoms with Crippen molar-refractivity contribution in [1.29, 1.82) is 0 Å². The Labute approximate surface area is 122 Å². The summed E-state index contributed by atoms with van der Waals surface area (Å²) in [6.45, 7) is 4.07. The van der Waals surface area contributed by atoms with Crippen molar-refractivity contribution in [2.24, 2.45) is 5.92 Å². The highest BCUT2D eigenvalue weighted by molar-refractivity contribution is 6.34. The molecule has 0 amide bonds. The quantitative estimate of drug-likeness (QED) is 0.943. The normalized spacial score (nSPS) is 11.3. The summed E-state index contributed by atoms with van der Waals surface area (Å²) in [6.07, 6.45) is 0.771. The predicted molar refractivity (Wildman–Crippen MR) is 75.8 cm³/mol. The molecule has 2 rings (SSSR count). The molecule has 0 radical (unpaired) electrons. The first-order valence-corrected chi connectivity index (χ1v) is 6.77. The van der Waals surface area contributed by atoms with E-state index in [9.17, 15) is 5.11 Å². The van der Waals surface area contributed by atoms with Crippen LogP contribution in [0.4, 0.5) is 0 Å². The second kappa shape index (κ2) is 5.90. The number of hydrogen-bond donors (Lipinski definition) is 1. The monoisotopic (exact) mass is 299 g/mol. The van der Waals surface area contributed by atoms with Gasteiger partial charge in [-0.3, -0.25) is 0 Å². The molecule has 0 aliphatic carbocycles. The van der Waals surface area contributed by atoms with Crippen LogP contribution in [0.5, 0.6) is 0 Å². The topological polar surface area (TPSA) is 50.9 Å². The largest absolute Gasteiger partial charge is 0.390 e. The maximum absolute atomic E-state index is 9.33. The van der Waals surface area contributed by atoms with Gasteiger partial charge in [-0.1, -0.05) is 42.3 Å². The van der Waals surface area contributed by atoms with E-state index in [0.717, 1.165) is 17.8 Å². The van der Waals surface area contributed by atoms with E-state index in [1.807, 2.05) is 0 Å². The van der Waals surface area contributed by atoms with Crippen molar-refractivity contribution >= 4 is 23.2 Å². The van der Waals surface area contributed by atoms with E-state index in [2.05, 4.69) is 24.2 Å². The molecule has 2 aromatic rings. The molecular formula is C13H15Cl2N3O. The third-order valence-corrected chi connectivity index (χ3v) is 3.12. The maximum Gasteiger partial charge on any atom is 0.112 e. The average molecular weight is 300 g/mol. The van der Waals surface area contributed by atoms with E-state index in [1.54, 1.807) is 22.9 Å². The number of hydrogen-bond acceptors (Lipinski definition) is 3. The predicted octanol–water partition coefficient (Wildman–Crippen LogP) is 3.26. The fraction of sp³-hybridized carbons (Fsp3) is 0.385. The number of nitrogens with zero attached hydrogens (tertiary/aromatic N) is 3. The lowest BCUT2D eigenvalue weighted by molar-refractivity contribution is 0.275. The molecule has 0 fully saturated rings. The Balaban J connectivity index is 2.51. The maximum atomic E-state index is 9.33. The fourth-order valence-electron chi connectivity index (χ4n) is 1.92. The first-order chi connectivity index (χ1) is 9.01. The van der Waals surface area contributed by atoms with E-state index < -0.39 is 0 Å². The molecule has 0 bridgehead atoms. The minimum Gasteiger partial charge on any atom is -0.390 e. The molecule has 0 spiro atoms. The lowest BCUT2D eigenvalue weighted by Gasteiger charge is -2.10. The zero-order valence-electron chi connectivity index (χ0n) is 10.8. The molecule has 0 saturated carbocycles. The number of rotatable bonds is 4. The van der Waals surface area contributed by atoms with Gasteiger partial charge in [0.1, 0.15) is 5.69 Å². The molecule has 1 aromatic carbocycles. The molecule has 1 heterocycles. The van der Waals surface area contributed by atoms with Gasteiger partial charge < -0.3 is 5.11 Å².